The molecule has 0 aromatic carbocycles. The number of hydrogen-bond donors (Lipinski definition) is 1. The van der Waals surface area contributed by atoms with Gasteiger partial charge in [-0.25, -0.2) is 19.6 Å². The summed E-state index contributed by atoms with van der Waals surface area (Å²) in [6, 6.07) is 0. The lowest BCUT2D eigenvalue weighted by molar-refractivity contribution is 0.582. The molecule has 0 atom stereocenters. The van der Waals surface area contributed by atoms with Gasteiger partial charge in [-0.1, -0.05) is 13.8 Å². The molecule has 2 aromatic heterocycles. The SMILES string of the molecule is CC(C)CCc1ncnc2c1ncn2N. The molecule has 0 saturated heterocycles. The van der Waals surface area contributed by atoms with Crippen LogP contribution >= 0.6 is 0 Å². The van der Waals surface area contributed by atoms with Crippen molar-refractivity contribution in [3.05, 3.63) is 18.3 Å². The van der Waals surface area contributed by atoms with Gasteiger partial charge in [0, 0.05) is 0 Å². The Morgan fingerprint density at radius 1 is 1.33 bits per heavy atom. The van der Waals surface area contributed by atoms with Gasteiger partial charge in [0.2, 0.25) is 0 Å². The maximum Gasteiger partial charge on any atom is 0.181 e. The highest BCUT2D eigenvalue weighted by Crippen LogP contribution is 2.14. The molecule has 2 aromatic rings. The topological polar surface area (TPSA) is 69.6 Å². The summed E-state index contributed by atoms with van der Waals surface area (Å²) in [5.74, 6) is 6.33. The van der Waals surface area contributed by atoms with Crippen molar-refractivity contribution in [3.63, 3.8) is 0 Å². The third kappa shape index (κ3) is 1.91. The summed E-state index contributed by atoms with van der Waals surface area (Å²) in [7, 11) is 0. The fourth-order valence-electron chi connectivity index (χ4n) is 1.51. The van der Waals surface area contributed by atoms with Crippen LogP contribution in [0.4, 0.5) is 0 Å². The molecule has 0 unspecified atom stereocenters. The summed E-state index contributed by atoms with van der Waals surface area (Å²) >= 11 is 0. The van der Waals surface area contributed by atoms with E-state index in [2.05, 4.69) is 28.8 Å². The summed E-state index contributed by atoms with van der Waals surface area (Å²) in [6.07, 6.45) is 5.14. The minimum Gasteiger partial charge on any atom is -0.336 e. The minimum absolute atomic E-state index is 0.662. The van der Waals surface area contributed by atoms with Crippen LogP contribution < -0.4 is 5.84 Å². The second kappa shape index (κ2) is 3.84. The van der Waals surface area contributed by atoms with E-state index in [0.29, 0.717) is 11.6 Å². The molecule has 5 heteroatoms. The van der Waals surface area contributed by atoms with Gasteiger partial charge in [0.1, 0.15) is 18.2 Å². The van der Waals surface area contributed by atoms with E-state index in [9.17, 15) is 0 Å². The zero-order chi connectivity index (χ0) is 10.8. The fraction of sp³-hybridized carbons (Fsp3) is 0.500. The number of hydrogen-bond acceptors (Lipinski definition) is 4. The first kappa shape index (κ1) is 9.89. The zero-order valence-electron chi connectivity index (χ0n) is 9.01. The number of nitrogen functional groups attached to an aromatic ring is 1. The second-order valence-electron chi connectivity index (χ2n) is 4.08. The molecule has 0 amide bonds. The van der Waals surface area contributed by atoms with Crippen molar-refractivity contribution in [2.75, 3.05) is 5.84 Å². The fourth-order valence-corrected chi connectivity index (χ4v) is 1.51. The van der Waals surface area contributed by atoms with E-state index in [1.54, 1.807) is 12.7 Å². The van der Waals surface area contributed by atoms with Gasteiger partial charge >= 0.3 is 0 Å². The Labute approximate surface area is 88.3 Å². The Balaban J connectivity index is 2.34. The molecule has 80 valence electrons. The smallest absolute Gasteiger partial charge is 0.181 e. The van der Waals surface area contributed by atoms with E-state index in [1.165, 1.54) is 4.68 Å². The Morgan fingerprint density at radius 3 is 2.87 bits per heavy atom. The minimum atomic E-state index is 0.662. The zero-order valence-corrected chi connectivity index (χ0v) is 9.01. The molecule has 0 aliphatic rings. The average molecular weight is 205 g/mol. The van der Waals surface area contributed by atoms with E-state index in [-0.39, 0.29) is 0 Å². The van der Waals surface area contributed by atoms with Gasteiger partial charge in [0.15, 0.2) is 5.65 Å². The summed E-state index contributed by atoms with van der Waals surface area (Å²) < 4.78 is 1.43. The molecule has 2 rings (SSSR count). The Bertz CT molecular complexity index is 460. The molecule has 2 N–H and O–H groups in total. The lowest BCUT2D eigenvalue weighted by Gasteiger charge is -2.03. The van der Waals surface area contributed by atoms with Crippen LogP contribution in [0.25, 0.3) is 11.2 Å². The van der Waals surface area contributed by atoms with Gasteiger partial charge in [-0.05, 0) is 18.8 Å². The molecule has 0 aliphatic heterocycles. The van der Waals surface area contributed by atoms with Gasteiger partial charge in [0.05, 0.1) is 5.69 Å². The quantitative estimate of drug-likeness (QED) is 0.762. The number of nitrogens with two attached hydrogens (primary N) is 1. The number of fused-ring (bicyclic) bond motifs is 1. The van der Waals surface area contributed by atoms with Crippen LogP contribution in [-0.2, 0) is 6.42 Å². The Hall–Kier alpha value is -1.65. The third-order valence-corrected chi connectivity index (χ3v) is 2.39. The van der Waals surface area contributed by atoms with Crippen molar-refractivity contribution in [3.8, 4) is 0 Å². The van der Waals surface area contributed by atoms with E-state index < -0.39 is 0 Å². The first-order valence-corrected chi connectivity index (χ1v) is 5.10. The molecule has 0 fully saturated rings. The van der Waals surface area contributed by atoms with Crippen molar-refractivity contribution < 1.29 is 0 Å². The van der Waals surface area contributed by atoms with E-state index in [4.69, 9.17) is 5.84 Å². The van der Waals surface area contributed by atoms with Crippen LogP contribution in [0, 0.1) is 5.92 Å². The summed E-state index contributed by atoms with van der Waals surface area (Å²) in [4.78, 5) is 12.6. The van der Waals surface area contributed by atoms with Gasteiger partial charge in [0.25, 0.3) is 0 Å². The lowest BCUT2D eigenvalue weighted by Crippen LogP contribution is -2.07. The Morgan fingerprint density at radius 2 is 2.13 bits per heavy atom. The second-order valence-corrected chi connectivity index (χ2v) is 4.08. The van der Waals surface area contributed by atoms with Crippen molar-refractivity contribution in [1.82, 2.24) is 19.6 Å². The van der Waals surface area contributed by atoms with Crippen molar-refractivity contribution in [2.24, 2.45) is 5.92 Å². The molecule has 0 aliphatic carbocycles. The van der Waals surface area contributed by atoms with E-state index in [0.717, 1.165) is 24.1 Å². The molecule has 0 spiro atoms. The Kier molecular flexibility index (Phi) is 2.53. The summed E-state index contributed by atoms with van der Waals surface area (Å²) in [5.41, 5.74) is 2.50. The number of nitrogens with zero attached hydrogens (tertiary/aromatic N) is 4. The summed E-state index contributed by atoms with van der Waals surface area (Å²) in [6.45, 7) is 4.39. The van der Waals surface area contributed by atoms with Gasteiger partial charge in [-0.15, -0.1) is 0 Å². The molecule has 0 radical (unpaired) electrons. The van der Waals surface area contributed by atoms with E-state index in [1.807, 2.05) is 0 Å². The van der Waals surface area contributed by atoms with Gasteiger partial charge < -0.3 is 5.84 Å². The van der Waals surface area contributed by atoms with Crippen LogP contribution in [0.3, 0.4) is 0 Å². The molecule has 5 nitrogen and oxygen atoms in total. The van der Waals surface area contributed by atoms with Crippen LogP contribution in [0.5, 0.6) is 0 Å². The third-order valence-electron chi connectivity index (χ3n) is 2.39. The summed E-state index contributed by atoms with van der Waals surface area (Å²) in [5, 5.41) is 0. The van der Waals surface area contributed by atoms with Crippen molar-refractivity contribution in [2.45, 2.75) is 26.7 Å². The van der Waals surface area contributed by atoms with Crippen molar-refractivity contribution in [1.29, 1.82) is 0 Å². The number of aryl methyl sites for hydroxylation is 1. The predicted octanol–water partition coefficient (Wildman–Crippen LogP) is 1.13. The standard InChI is InChI=1S/C10H15N5/c1-7(2)3-4-8-9-10(13-5-12-8)15(11)6-14-9/h5-7H,3-4,11H2,1-2H3. The number of aromatic nitrogens is 4. The van der Waals surface area contributed by atoms with E-state index >= 15 is 0 Å². The normalized spacial score (nSPS) is 11.4. The molecule has 2 heterocycles. The van der Waals surface area contributed by atoms with Crippen LogP contribution in [0.2, 0.25) is 0 Å². The largest absolute Gasteiger partial charge is 0.336 e. The highest BCUT2D eigenvalue weighted by molar-refractivity contribution is 5.72. The number of imidazole rings is 1. The number of rotatable bonds is 3. The van der Waals surface area contributed by atoms with Gasteiger partial charge in [-0.3, -0.25) is 0 Å². The van der Waals surface area contributed by atoms with Gasteiger partial charge in [-0.2, -0.15) is 0 Å². The maximum absolute atomic E-state index is 5.66. The van der Waals surface area contributed by atoms with Crippen LogP contribution in [-0.4, -0.2) is 19.6 Å². The molecule has 0 saturated carbocycles. The van der Waals surface area contributed by atoms with Crippen LogP contribution in [0.15, 0.2) is 12.7 Å². The average Bonchev–Trinajstić information content (AvgIpc) is 2.58. The maximum atomic E-state index is 5.66. The first-order chi connectivity index (χ1) is 7.18. The molecule has 0 bridgehead atoms. The first-order valence-electron chi connectivity index (χ1n) is 5.10. The monoisotopic (exact) mass is 205 g/mol. The molecule has 15 heavy (non-hydrogen) atoms. The van der Waals surface area contributed by atoms with Crippen LogP contribution in [0.1, 0.15) is 26.0 Å². The predicted molar refractivity (Wildman–Crippen MR) is 58.6 cm³/mol. The molecular weight excluding hydrogens is 190 g/mol. The molecular formula is C10H15N5. The highest BCUT2D eigenvalue weighted by Gasteiger charge is 2.08. The highest BCUT2D eigenvalue weighted by atomic mass is 15.3. The lowest BCUT2D eigenvalue weighted by atomic mass is 10.1. The van der Waals surface area contributed by atoms with Crippen molar-refractivity contribution >= 4 is 11.2 Å².